The molecule has 0 spiro atoms. The molecule has 0 radical (unpaired) electrons. The van der Waals surface area contributed by atoms with Crippen molar-refractivity contribution < 1.29 is 9.18 Å². The maximum absolute atomic E-state index is 13.1. The molecule has 2 heterocycles. The van der Waals surface area contributed by atoms with Gasteiger partial charge in [-0.1, -0.05) is 23.4 Å². The topological polar surface area (TPSA) is 55.2 Å². The van der Waals surface area contributed by atoms with E-state index in [0.717, 1.165) is 0 Å². The fraction of sp³-hybridized carbons (Fsp3) is 0.0952. The van der Waals surface area contributed by atoms with Gasteiger partial charge < -0.3 is 4.90 Å². The Hall–Kier alpha value is -2.68. The number of carbonyl (C=O) groups is 1. The highest BCUT2D eigenvalue weighted by Crippen LogP contribution is 2.25. The van der Waals surface area contributed by atoms with E-state index >= 15 is 0 Å². The Morgan fingerprint density at radius 1 is 1.17 bits per heavy atom. The Kier molecular flexibility index (Phi) is 5.90. The first-order valence-electron chi connectivity index (χ1n) is 8.85. The van der Waals surface area contributed by atoms with Crippen molar-refractivity contribution in [1.82, 2.24) is 9.55 Å². The predicted octanol–water partition coefficient (Wildman–Crippen LogP) is 4.99. The number of nitrogens with zero attached hydrogens (tertiary/aromatic N) is 3. The number of thiophene rings is 1. The number of carbonyl (C=O) groups excluding carboxylic acids is 1. The summed E-state index contributed by atoms with van der Waals surface area (Å²) in [5.74, 6) is -0.507. The van der Waals surface area contributed by atoms with Gasteiger partial charge in [-0.15, -0.1) is 11.3 Å². The number of benzene rings is 2. The minimum atomic E-state index is -0.366. The van der Waals surface area contributed by atoms with Crippen LogP contribution in [0, 0.1) is 5.82 Å². The smallest absolute Gasteiger partial charge is 0.276 e. The highest BCUT2D eigenvalue weighted by molar-refractivity contribution is 7.99. The Morgan fingerprint density at radius 3 is 2.57 bits per heavy atom. The van der Waals surface area contributed by atoms with Crippen molar-refractivity contribution in [1.29, 1.82) is 0 Å². The standard InChI is InChI=1S/C21H15ClFN3O2S2/c1-25(15-8-4-14(23)5-9-15)18(27)12-30-21-24-17-10-11-29-19(17)20(28)26(21)16-6-2-13(22)3-7-16/h2-11H,12H2,1H3. The van der Waals surface area contributed by atoms with Crippen LogP contribution in [0.25, 0.3) is 15.9 Å². The molecular weight excluding hydrogens is 445 g/mol. The van der Waals surface area contributed by atoms with Crippen molar-refractivity contribution >= 4 is 56.5 Å². The third kappa shape index (κ3) is 4.12. The van der Waals surface area contributed by atoms with Gasteiger partial charge in [-0.3, -0.25) is 14.2 Å². The molecule has 9 heteroatoms. The molecule has 4 rings (SSSR count). The summed E-state index contributed by atoms with van der Waals surface area (Å²) in [6.45, 7) is 0. The van der Waals surface area contributed by atoms with E-state index < -0.39 is 0 Å². The molecule has 1 amide bonds. The Bertz CT molecular complexity index is 1270. The molecule has 0 fully saturated rings. The molecule has 0 atom stereocenters. The van der Waals surface area contributed by atoms with Crippen LogP contribution >= 0.6 is 34.7 Å². The van der Waals surface area contributed by atoms with Gasteiger partial charge in [-0.25, -0.2) is 9.37 Å². The molecule has 0 aliphatic heterocycles. The van der Waals surface area contributed by atoms with Gasteiger partial charge in [0, 0.05) is 17.8 Å². The van der Waals surface area contributed by atoms with Crippen molar-refractivity contribution in [3.63, 3.8) is 0 Å². The Morgan fingerprint density at radius 2 is 1.87 bits per heavy atom. The number of hydrogen-bond acceptors (Lipinski definition) is 5. The summed E-state index contributed by atoms with van der Waals surface area (Å²) in [5.41, 5.74) is 1.60. The second-order valence-electron chi connectivity index (χ2n) is 6.36. The van der Waals surface area contributed by atoms with Crippen LogP contribution < -0.4 is 10.5 Å². The van der Waals surface area contributed by atoms with E-state index in [4.69, 9.17) is 11.6 Å². The number of thioether (sulfide) groups is 1. The number of aromatic nitrogens is 2. The maximum Gasteiger partial charge on any atom is 0.276 e. The zero-order valence-corrected chi connectivity index (χ0v) is 18.1. The van der Waals surface area contributed by atoms with Crippen molar-refractivity contribution in [2.45, 2.75) is 5.16 Å². The van der Waals surface area contributed by atoms with Crippen molar-refractivity contribution in [2.75, 3.05) is 17.7 Å². The first-order valence-corrected chi connectivity index (χ1v) is 11.1. The van der Waals surface area contributed by atoms with Gasteiger partial charge in [-0.2, -0.15) is 0 Å². The molecule has 0 aliphatic rings. The maximum atomic E-state index is 13.1. The van der Waals surface area contributed by atoms with Crippen molar-refractivity contribution in [2.24, 2.45) is 0 Å². The fourth-order valence-corrected chi connectivity index (χ4v) is 4.65. The third-order valence-corrected chi connectivity index (χ3v) is 6.51. The van der Waals surface area contributed by atoms with Crippen LogP contribution in [-0.4, -0.2) is 28.3 Å². The van der Waals surface area contributed by atoms with E-state index in [1.807, 2.05) is 5.38 Å². The summed E-state index contributed by atoms with van der Waals surface area (Å²) in [6.07, 6.45) is 0. The third-order valence-electron chi connectivity index (χ3n) is 4.45. The zero-order valence-electron chi connectivity index (χ0n) is 15.7. The summed E-state index contributed by atoms with van der Waals surface area (Å²) in [7, 11) is 1.62. The number of halogens is 2. The molecule has 0 bridgehead atoms. The first-order chi connectivity index (χ1) is 14.4. The van der Waals surface area contributed by atoms with Crippen LogP contribution in [0.1, 0.15) is 0 Å². The average molecular weight is 460 g/mol. The van der Waals surface area contributed by atoms with Gasteiger partial charge in [0.05, 0.1) is 17.0 Å². The van der Waals surface area contributed by atoms with Crippen LogP contribution in [0.4, 0.5) is 10.1 Å². The van der Waals surface area contributed by atoms with Crippen molar-refractivity contribution in [3.8, 4) is 5.69 Å². The van der Waals surface area contributed by atoms with Gasteiger partial charge in [0.25, 0.3) is 5.56 Å². The number of hydrogen-bond donors (Lipinski definition) is 0. The quantitative estimate of drug-likeness (QED) is 0.311. The highest BCUT2D eigenvalue weighted by Gasteiger charge is 2.17. The molecule has 152 valence electrons. The monoisotopic (exact) mass is 459 g/mol. The van der Waals surface area contributed by atoms with Gasteiger partial charge >= 0.3 is 0 Å². The lowest BCUT2D eigenvalue weighted by molar-refractivity contribution is -0.115. The van der Waals surface area contributed by atoms with E-state index in [0.29, 0.717) is 31.8 Å². The largest absolute Gasteiger partial charge is 0.315 e. The summed E-state index contributed by atoms with van der Waals surface area (Å²) in [6, 6.07) is 14.3. The van der Waals surface area contributed by atoms with Crippen LogP contribution in [-0.2, 0) is 4.79 Å². The van der Waals surface area contributed by atoms with Gasteiger partial charge in [-0.05, 0) is 60.0 Å². The lowest BCUT2D eigenvalue weighted by atomic mass is 10.3. The number of rotatable bonds is 5. The van der Waals surface area contributed by atoms with Crippen LogP contribution in [0.2, 0.25) is 5.02 Å². The molecule has 0 unspecified atom stereocenters. The minimum Gasteiger partial charge on any atom is -0.315 e. The molecule has 2 aromatic carbocycles. The Balaban J connectivity index is 1.65. The van der Waals surface area contributed by atoms with Gasteiger partial charge in [0.1, 0.15) is 10.5 Å². The van der Waals surface area contributed by atoms with Crippen molar-refractivity contribution in [3.05, 3.63) is 81.2 Å². The average Bonchev–Trinajstić information content (AvgIpc) is 3.22. The molecule has 0 saturated carbocycles. The summed E-state index contributed by atoms with van der Waals surface area (Å²) in [4.78, 5) is 31.8. The van der Waals surface area contributed by atoms with Crippen LogP contribution in [0.15, 0.2) is 69.9 Å². The molecule has 2 aromatic heterocycles. The van der Waals surface area contributed by atoms with E-state index in [9.17, 15) is 14.0 Å². The predicted molar refractivity (Wildman–Crippen MR) is 121 cm³/mol. The number of anilines is 1. The van der Waals surface area contributed by atoms with Crippen LogP contribution in [0.5, 0.6) is 0 Å². The molecular formula is C21H15ClFN3O2S2. The summed E-state index contributed by atoms with van der Waals surface area (Å²) in [5, 5.41) is 2.78. The fourth-order valence-electron chi connectivity index (χ4n) is 2.84. The lowest BCUT2D eigenvalue weighted by Crippen LogP contribution is -2.28. The van der Waals surface area contributed by atoms with Gasteiger partial charge in [0.2, 0.25) is 5.91 Å². The summed E-state index contributed by atoms with van der Waals surface area (Å²) >= 11 is 8.48. The molecule has 4 aromatic rings. The zero-order chi connectivity index (χ0) is 21.3. The molecule has 0 aliphatic carbocycles. The highest BCUT2D eigenvalue weighted by atomic mass is 35.5. The normalized spacial score (nSPS) is 11.0. The Labute approximate surface area is 184 Å². The van der Waals surface area contributed by atoms with E-state index in [1.165, 1.54) is 56.8 Å². The van der Waals surface area contributed by atoms with E-state index in [1.54, 1.807) is 37.4 Å². The SMILES string of the molecule is CN(C(=O)CSc1nc2ccsc2c(=O)n1-c1ccc(Cl)cc1)c1ccc(F)cc1. The number of amides is 1. The van der Waals surface area contributed by atoms with Gasteiger partial charge in [0.15, 0.2) is 5.16 Å². The second-order valence-corrected chi connectivity index (χ2v) is 8.66. The number of fused-ring (bicyclic) bond motifs is 1. The molecule has 0 N–H and O–H groups in total. The van der Waals surface area contributed by atoms with E-state index in [-0.39, 0.29) is 23.0 Å². The summed E-state index contributed by atoms with van der Waals surface area (Å²) < 4.78 is 15.2. The molecule has 0 saturated heterocycles. The second kappa shape index (κ2) is 8.59. The molecule has 30 heavy (non-hydrogen) atoms. The minimum absolute atomic E-state index is 0.0591. The van der Waals surface area contributed by atoms with Crippen LogP contribution in [0.3, 0.4) is 0 Å². The first kappa shape index (κ1) is 20.6. The van der Waals surface area contributed by atoms with E-state index in [2.05, 4.69) is 4.98 Å². The molecule has 5 nitrogen and oxygen atoms in total. The lowest BCUT2D eigenvalue weighted by Gasteiger charge is -2.18.